The van der Waals surface area contributed by atoms with Crippen molar-refractivity contribution in [3.8, 4) is 0 Å². The van der Waals surface area contributed by atoms with Gasteiger partial charge in [-0.15, -0.1) is 0 Å². The predicted molar refractivity (Wildman–Crippen MR) is 44.8 cm³/mol. The number of rotatable bonds is 1. The van der Waals surface area contributed by atoms with E-state index in [1.54, 1.807) is 6.20 Å². The predicted octanol–water partition coefficient (Wildman–Crippen LogP) is 1.14. The van der Waals surface area contributed by atoms with E-state index in [2.05, 4.69) is 27.6 Å². The van der Waals surface area contributed by atoms with Crippen LogP contribution in [0.2, 0.25) is 0 Å². The van der Waals surface area contributed by atoms with Gasteiger partial charge in [-0.1, -0.05) is 0 Å². The Morgan fingerprint density at radius 3 is 2.89 bits per heavy atom. The third-order valence-electron chi connectivity index (χ3n) is 1.03. The smallest absolute Gasteiger partial charge is 0.101 e. The van der Waals surface area contributed by atoms with E-state index in [0.717, 1.165) is 9.26 Å². The Kier molecular flexibility index (Phi) is 2.41. The highest BCUT2D eigenvalue weighted by atomic mass is 127. The van der Waals surface area contributed by atoms with Gasteiger partial charge >= 0.3 is 0 Å². The highest BCUT2D eigenvalue weighted by Crippen LogP contribution is 2.02. The molecule has 0 atom stereocenters. The van der Waals surface area contributed by atoms with Gasteiger partial charge in [-0.25, -0.2) is 0 Å². The van der Waals surface area contributed by atoms with E-state index in [1.807, 2.05) is 12.1 Å². The number of aromatic nitrogens is 1. The van der Waals surface area contributed by atoms with Crippen LogP contribution in [-0.4, -0.2) is 4.98 Å². The summed E-state index contributed by atoms with van der Waals surface area (Å²) in [5.41, 5.74) is 6.52. The van der Waals surface area contributed by atoms with Crippen LogP contribution < -0.4 is 5.73 Å². The lowest BCUT2D eigenvalue weighted by Crippen LogP contribution is -1.96. The van der Waals surface area contributed by atoms with E-state index in [0.29, 0.717) is 6.54 Å². The maximum Gasteiger partial charge on any atom is 0.101 e. The second-order valence-corrected chi connectivity index (χ2v) is 2.80. The molecule has 0 unspecified atom stereocenters. The number of halogens is 1. The van der Waals surface area contributed by atoms with Crippen molar-refractivity contribution in [2.24, 2.45) is 5.73 Å². The first-order valence-electron chi connectivity index (χ1n) is 2.63. The Hall–Kier alpha value is -0.160. The molecule has 0 fully saturated rings. The largest absolute Gasteiger partial charge is 0.326 e. The van der Waals surface area contributed by atoms with Gasteiger partial charge < -0.3 is 5.73 Å². The highest BCUT2D eigenvalue weighted by molar-refractivity contribution is 14.1. The molecular weight excluding hydrogens is 227 g/mol. The van der Waals surface area contributed by atoms with Crippen molar-refractivity contribution in [1.29, 1.82) is 0 Å². The zero-order valence-electron chi connectivity index (χ0n) is 4.84. The summed E-state index contributed by atoms with van der Waals surface area (Å²) in [6.45, 7) is 0.596. The average molecular weight is 234 g/mol. The van der Waals surface area contributed by atoms with Gasteiger partial charge in [0.25, 0.3) is 0 Å². The molecule has 0 bridgehead atoms. The van der Waals surface area contributed by atoms with E-state index in [1.165, 1.54) is 0 Å². The molecule has 0 aromatic carbocycles. The molecule has 2 N–H and O–H groups in total. The normalized spacial score (nSPS) is 9.56. The van der Waals surface area contributed by atoms with E-state index in [4.69, 9.17) is 5.73 Å². The molecule has 0 radical (unpaired) electrons. The Morgan fingerprint density at radius 1 is 1.67 bits per heavy atom. The molecule has 0 amide bonds. The molecule has 0 aliphatic carbocycles. The van der Waals surface area contributed by atoms with Crippen LogP contribution in [0, 0.1) is 3.70 Å². The van der Waals surface area contributed by atoms with Crippen LogP contribution in [0.15, 0.2) is 18.3 Å². The molecule has 0 aliphatic rings. The van der Waals surface area contributed by atoms with Crippen molar-refractivity contribution < 1.29 is 0 Å². The number of hydrogen-bond acceptors (Lipinski definition) is 2. The Labute approximate surface area is 67.6 Å². The van der Waals surface area contributed by atoms with Crippen LogP contribution in [0.5, 0.6) is 0 Å². The summed E-state index contributed by atoms with van der Waals surface area (Å²) in [6.07, 6.45) is 1.77. The van der Waals surface area contributed by atoms with Gasteiger partial charge in [0.2, 0.25) is 0 Å². The van der Waals surface area contributed by atoms with Gasteiger partial charge in [0.15, 0.2) is 0 Å². The number of nitrogens with two attached hydrogens (primary N) is 1. The molecule has 0 spiro atoms. The van der Waals surface area contributed by atoms with Gasteiger partial charge in [-0.05, 0) is 40.3 Å². The van der Waals surface area contributed by atoms with E-state index in [-0.39, 0.29) is 0 Å². The highest BCUT2D eigenvalue weighted by Gasteiger charge is 1.88. The topological polar surface area (TPSA) is 38.9 Å². The molecule has 0 saturated heterocycles. The average Bonchev–Trinajstić information content (AvgIpc) is 1.88. The summed E-state index contributed by atoms with van der Waals surface area (Å²) in [5, 5.41) is 0. The van der Waals surface area contributed by atoms with Crippen LogP contribution in [0.1, 0.15) is 5.56 Å². The lowest BCUT2D eigenvalue weighted by atomic mass is 10.3. The first-order chi connectivity index (χ1) is 4.33. The van der Waals surface area contributed by atoms with Gasteiger partial charge in [0, 0.05) is 12.7 Å². The van der Waals surface area contributed by atoms with E-state index in [9.17, 15) is 0 Å². The Morgan fingerprint density at radius 2 is 2.44 bits per heavy atom. The molecular formula is C6H7IN2. The van der Waals surface area contributed by atoms with Crippen LogP contribution in [0.4, 0.5) is 0 Å². The zero-order valence-corrected chi connectivity index (χ0v) is 7.00. The first-order valence-corrected chi connectivity index (χ1v) is 3.71. The minimum Gasteiger partial charge on any atom is -0.326 e. The van der Waals surface area contributed by atoms with Gasteiger partial charge in [-0.3, -0.25) is 4.98 Å². The van der Waals surface area contributed by atoms with Gasteiger partial charge in [0.05, 0.1) is 0 Å². The fourth-order valence-corrected chi connectivity index (χ4v) is 1.13. The third kappa shape index (κ3) is 1.91. The molecule has 1 rings (SSSR count). The zero-order chi connectivity index (χ0) is 6.69. The minimum atomic E-state index is 0.596. The third-order valence-corrected chi connectivity index (χ3v) is 1.62. The fourth-order valence-electron chi connectivity index (χ4n) is 0.570. The molecule has 9 heavy (non-hydrogen) atoms. The second-order valence-electron chi connectivity index (χ2n) is 1.69. The summed E-state index contributed by atoms with van der Waals surface area (Å²) in [6, 6.07) is 3.89. The summed E-state index contributed by atoms with van der Waals surface area (Å²) < 4.78 is 0.996. The first kappa shape index (κ1) is 6.95. The summed E-state index contributed by atoms with van der Waals surface area (Å²) in [7, 11) is 0. The van der Waals surface area contributed by atoms with Crippen LogP contribution in [0.25, 0.3) is 0 Å². The Balaban J connectivity index is 2.94. The van der Waals surface area contributed by atoms with Crippen molar-refractivity contribution in [2.45, 2.75) is 6.54 Å². The van der Waals surface area contributed by atoms with Crippen molar-refractivity contribution in [1.82, 2.24) is 4.98 Å². The maximum absolute atomic E-state index is 5.39. The number of pyridine rings is 1. The quantitative estimate of drug-likeness (QED) is 0.584. The second kappa shape index (κ2) is 3.12. The maximum atomic E-state index is 5.39. The number of hydrogen-bond donors (Lipinski definition) is 1. The molecule has 1 aromatic rings. The molecule has 48 valence electrons. The van der Waals surface area contributed by atoms with Crippen molar-refractivity contribution in [2.75, 3.05) is 0 Å². The molecule has 3 heteroatoms. The van der Waals surface area contributed by atoms with Crippen molar-refractivity contribution in [3.63, 3.8) is 0 Å². The summed E-state index contributed by atoms with van der Waals surface area (Å²) >= 11 is 2.16. The Bertz CT molecular complexity index is 200. The van der Waals surface area contributed by atoms with Gasteiger partial charge in [-0.2, -0.15) is 0 Å². The molecule has 1 heterocycles. The summed E-state index contributed by atoms with van der Waals surface area (Å²) in [5.74, 6) is 0. The van der Waals surface area contributed by atoms with E-state index < -0.39 is 0 Å². The van der Waals surface area contributed by atoms with Crippen molar-refractivity contribution in [3.05, 3.63) is 27.6 Å². The lowest BCUT2D eigenvalue weighted by Gasteiger charge is -1.93. The molecule has 0 saturated carbocycles. The van der Waals surface area contributed by atoms with Crippen LogP contribution >= 0.6 is 22.6 Å². The van der Waals surface area contributed by atoms with Crippen molar-refractivity contribution >= 4 is 22.6 Å². The molecule has 0 aliphatic heterocycles. The van der Waals surface area contributed by atoms with E-state index >= 15 is 0 Å². The monoisotopic (exact) mass is 234 g/mol. The van der Waals surface area contributed by atoms with Gasteiger partial charge in [0.1, 0.15) is 3.70 Å². The summed E-state index contributed by atoms with van der Waals surface area (Å²) in [4.78, 5) is 4.02. The lowest BCUT2D eigenvalue weighted by molar-refractivity contribution is 1.05. The fraction of sp³-hybridized carbons (Fsp3) is 0.167. The standard InChI is InChI=1S/C6H7IN2/c7-6-3-5(4-8)1-2-9-6/h1-3H,4,8H2. The SMILES string of the molecule is NCc1ccnc(I)c1. The molecule has 2 nitrogen and oxygen atoms in total. The molecule has 1 aromatic heterocycles. The number of nitrogens with zero attached hydrogens (tertiary/aromatic N) is 1. The minimum absolute atomic E-state index is 0.596. The van der Waals surface area contributed by atoms with Crippen LogP contribution in [-0.2, 0) is 6.54 Å². The van der Waals surface area contributed by atoms with Crippen LogP contribution in [0.3, 0.4) is 0 Å².